The first-order chi connectivity index (χ1) is 15.9. The summed E-state index contributed by atoms with van der Waals surface area (Å²) in [5.41, 5.74) is 2.91. The van der Waals surface area contributed by atoms with E-state index in [0.717, 1.165) is 34.2 Å². The molecule has 1 saturated heterocycles. The molecule has 6 nitrogen and oxygen atoms in total. The van der Waals surface area contributed by atoms with Gasteiger partial charge in [0.25, 0.3) is 0 Å². The Bertz CT molecular complexity index is 1050. The lowest BCUT2D eigenvalue weighted by Crippen LogP contribution is -2.44. The van der Waals surface area contributed by atoms with Crippen molar-refractivity contribution in [3.8, 4) is 11.5 Å². The number of nitrogens with one attached hydrogen (secondary N) is 1. The second-order valence-electron chi connectivity index (χ2n) is 7.76. The SMILES string of the molecule is COc1ccc2nccc(CC[C@H]3OC[C@H](NCc4ccc(OC(F)(F)F)cc4)CO3)c2c1. The molecule has 1 N–H and O–H groups in total. The molecule has 1 aromatic heterocycles. The lowest BCUT2D eigenvalue weighted by molar-refractivity contribution is -0.274. The van der Waals surface area contributed by atoms with Crippen molar-refractivity contribution in [3.05, 3.63) is 65.9 Å². The van der Waals surface area contributed by atoms with Gasteiger partial charge < -0.3 is 24.3 Å². The predicted octanol–water partition coefficient (Wildman–Crippen LogP) is 4.61. The lowest BCUT2D eigenvalue weighted by Gasteiger charge is -2.30. The zero-order valence-corrected chi connectivity index (χ0v) is 18.1. The van der Waals surface area contributed by atoms with Crippen LogP contribution in [0.1, 0.15) is 17.5 Å². The Morgan fingerprint density at radius 1 is 1.03 bits per heavy atom. The van der Waals surface area contributed by atoms with Crippen LogP contribution in [-0.2, 0) is 22.4 Å². The third kappa shape index (κ3) is 6.56. The fourth-order valence-corrected chi connectivity index (χ4v) is 3.70. The van der Waals surface area contributed by atoms with Crippen molar-refractivity contribution >= 4 is 10.9 Å². The fourth-order valence-electron chi connectivity index (χ4n) is 3.70. The van der Waals surface area contributed by atoms with Crippen LogP contribution in [0.3, 0.4) is 0 Å². The first-order valence-corrected chi connectivity index (χ1v) is 10.6. The zero-order chi connectivity index (χ0) is 23.3. The van der Waals surface area contributed by atoms with Crippen molar-refractivity contribution in [3.63, 3.8) is 0 Å². The molecule has 0 atom stereocenters. The molecular weight excluding hydrogens is 437 g/mol. The van der Waals surface area contributed by atoms with Gasteiger partial charge in [-0.3, -0.25) is 4.98 Å². The molecule has 0 unspecified atom stereocenters. The van der Waals surface area contributed by atoms with Crippen molar-refractivity contribution in [1.29, 1.82) is 0 Å². The second-order valence-corrected chi connectivity index (χ2v) is 7.76. The molecule has 0 saturated carbocycles. The number of hydrogen-bond acceptors (Lipinski definition) is 6. The molecule has 2 heterocycles. The van der Waals surface area contributed by atoms with E-state index < -0.39 is 6.36 Å². The highest BCUT2D eigenvalue weighted by molar-refractivity contribution is 5.83. The predicted molar refractivity (Wildman–Crippen MR) is 116 cm³/mol. The Morgan fingerprint density at radius 2 is 1.76 bits per heavy atom. The maximum absolute atomic E-state index is 12.2. The molecule has 9 heteroatoms. The molecule has 3 aromatic rings. The summed E-state index contributed by atoms with van der Waals surface area (Å²) in [7, 11) is 1.64. The standard InChI is InChI=1S/C24H25F3N2O4/c1-30-20-7-8-22-21(12-20)17(10-11-28-22)4-9-23-31-14-18(15-32-23)29-13-16-2-5-19(6-3-16)33-24(25,26)27/h2-3,5-8,10-12,18,23,29H,4,9,13-15H2,1H3/t18-,23-. The van der Waals surface area contributed by atoms with E-state index in [1.165, 1.54) is 12.1 Å². The monoisotopic (exact) mass is 462 g/mol. The summed E-state index contributed by atoms with van der Waals surface area (Å²) in [5.74, 6) is 0.553. The second kappa shape index (κ2) is 10.4. The molecule has 0 spiro atoms. The van der Waals surface area contributed by atoms with Crippen molar-refractivity contribution in [2.24, 2.45) is 0 Å². The average molecular weight is 462 g/mol. The minimum absolute atomic E-state index is 0.00151. The Kier molecular flexibility index (Phi) is 7.32. The minimum atomic E-state index is -4.69. The number of alkyl halides is 3. The highest BCUT2D eigenvalue weighted by atomic mass is 19.4. The van der Waals surface area contributed by atoms with E-state index in [2.05, 4.69) is 15.0 Å². The number of aromatic nitrogens is 1. The molecule has 1 aliphatic rings. The summed E-state index contributed by atoms with van der Waals surface area (Å²) in [6, 6.07) is 13.6. The van der Waals surface area contributed by atoms with Crippen molar-refractivity contribution in [1.82, 2.24) is 10.3 Å². The maximum atomic E-state index is 12.2. The van der Waals surface area contributed by atoms with Crippen LogP contribution in [0.2, 0.25) is 0 Å². The summed E-state index contributed by atoms with van der Waals surface area (Å²) in [6.45, 7) is 1.47. The van der Waals surface area contributed by atoms with Crippen LogP contribution < -0.4 is 14.8 Å². The summed E-state index contributed by atoms with van der Waals surface area (Å²) >= 11 is 0. The van der Waals surface area contributed by atoms with E-state index in [1.807, 2.05) is 24.3 Å². The van der Waals surface area contributed by atoms with Gasteiger partial charge in [0, 0.05) is 24.5 Å². The first-order valence-electron chi connectivity index (χ1n) is 10.6. The van der Waals surface area contributed by atoms with Gasteiger partial charge in [-0.05, 0) is 53.9 Å². The molecule has 0 amide bonds. The first kappa shape index (κ1) is 23.3. The lowest BCUT2D eigenvalue weighted by atomic mass is 10.0. The van der Waals surface area contributed by atoms with Crippen molar-refractivity contribution < 1.29 is 32.1 Å². The summed E-state index contributed by atoms with van der Waals surface area (Å²) < 4.78 is 57.7. The molecule has 1 fully saturated rings. The van der Waals surface area contributed by atoms with Gasteiger partial charge in [-0.25, -0.2) is 0 Å². The highest BCUT2D eigenvalue weighted by Gasteiger charge is 2.31. The zero-order valence-electron chi connectivity index (χ0n) is 18.1. The average Bonchev–Trinajstić information content (AvgIpc) is 2.81. The molecule has 0 radical (unpaired) electrons. The maximum Gasteiger partial charge on any atom is 0.573 e. The van der Waals surface area contributed by atoms with Gasteiger partial charge in [-0.15, -0.1) is 13.2 Å². The number of nitrogens with zero attached hydrogens (tertiary/aromatic N) is 1. The third-order valence-electron chi connectivity index (χ3n) is 5.41. The van der Waals surface area contributed by atoms with E-state index in [9.17, 15) is 13.2 Å². The molecular formula is C24H25F3N2O4. The Hall–Kier alpha value is -2.88. The van der Waals surface area contributed by atoms with Gasteiger partial charge in [0.05, 0.1) is 31.9 Å². The number of pyridine rings is 1. The van der Waals surface area contributed by atoms with Crippen LogP contribution in [0.25, 0.3) is 10.9 Å². The van der Waals surface area contributed by atoms with Crippen LogP contribution in [0, 0.1) is 0 Å². The third-order valence-corrected chi connectivity index (χ3v) is 5.41. The Morgan fingerprint density at radius 3 is 2.45 bits per heavy atom. The molecule has 33 heavy (non-hydrogen) atoms. The quantitative estimate of drug-likeness (QED) is 0.528. The molecule has 4 rings (SSSR count). The smallest absolute Gasteiger partial charge is 0.497 e. The van der Waals surface area contributed by atoms with Gasteiger partial charge >= 0.3 is 6.36 Å². The Labute approximate surface area is 189 Å². The molecule has 2 aromatic carbocycles. The Balaban J connectivity index is 1.22. The van der Waals surface area contributed by atoms with E-state index in [4.69, 9.17) is 14.2 Å². The van der Waals surface area contributed by atoms with Crippen LogP contribution >= 0.6 is 0 Å². The number of methoxy groups -OCH3 is 1. The van der Waals surface area contributed by atoms with Gasteiger partial charge in [0.15, 0.2) is 6.29 Å². The van der Waals surface area contributed by atoms with Crippen LogP contribution in [0.15, 0.2) is 54.7 Å². The number of benzene rings is 2. The van der Waals surface area contributed by atoms with Crippen LogP contribution in [0.5, 0.6) is 11.5 Å². The molecule has 176 valence electrons. The van der Waals surface area contributed by atoms with E-state index in [1.54, 1.807) is 25.4 Å². The summed E-state index contributed by atoms with van der Waals surface area (Å²) in [4.78, 5) is 4.40. The van der Waals surface area contributed by atoms with Crippen molar-refractivity contribution in [2.75, 3.05) is 20.3 Å². The fraction of sp³-hybridized carbons (Fsp3) is 0.375. The van der Waals surface area contributed by atoms with Gasteiger partial charge in [-0.2, -0.15) is 0 Å². The van der Waals surface area contributed by atoms with Gasteiger partial charge in [-0.1, -0.05) is 12.1 Å². The molecule has 0 bridgehead atoms. The van der Waals surface area contributed by atoms with Gasteiger partial charge in [0.1, 0.15) is 11.5 Å². The topological polar surface area (TPSA) is 61.8 Å². The molecule has 1 aliphatic heterocycles. The van der Waals surface area contributed by atoms with E-state index >= 15 is 0 Å². The largest absolute Gasteiger partial charge is 0.573 e. The summed E-state index contributed by atoms with van der Waals surface area (Å²) in [5, 5.41) is 4.36. The normalized spacial score (nSPS) is 18.9. The van der Waals surface area contributed by atoms with Gasteiger partial charge in [0.2, 0.25) is 0 Å². The minimum Gasteiger partial charge on any atom is -0.497 e. The van der Waals surface area contributed by atoms with Crippen LogP contribution in [-0.4, -0.2) is 44.0 Å². The van der Waals surface area contributed by atoms with Crippen molar-refractivity contribution in [2.45, 2.75) is 38.1 Å². The van der Waals surface area contributed by atoms with E-state index in [-0.39, 0.29) is 18.1 Å². The van der Waals surface area contributed by atoms with Crippen LogP contribution in [0.4, 0.5) is 13.2 Å². The number of hydrogen-bond donors (Lipinski definition) is 1. The number of aryl methyl sites for hydroxylation is 1. The molecule has 0 aliphatic carbocycles. The number of halogens is 3. The van der Waals surface area contributed by atoms with E-state index in [0.29, 0.717) is 26.2 Å². The number of ether oxygens (including phenoxy) is 4. The highest BCUT2D eigenvalue weighted by Crippen LogP contribution is 2.25. The summed E-state index contributed by atoms with van der Waals surface area (Å²) in [6.07, 6.45) is -1.69. The number of rotatable bonds is 8. The number of fused-ring (bicyclic) bond motifs is 1.